The molecule has 1 fully saturated rings. The number of carbonyl (C=O) groups is 1. The third kappa shape index (κ3) is 2.49. The molecule has 0 N–H and O–H groups in total. The lowest BCUT2D eigenvalue weighted by Crippen LogP contribution is -2.50. The lowest BCUT2D eigenvalue weighted by Gasteiger charge is -2.36. The van der Waals surface area contributed by atoms with Gasteiger partial charge in [0.25, 0.3) is 5.91 Å². The van der Waals surface area contributed by atoms with Gasteiger partial charge in [0.05, 0.1) is 24.3 Å². The fourth-order valence-electron chi connectivity index (χ4n) is 1.92. The Balaban J connectivity index is 2.16. The van der Waals surface area contributed by atoms with Crippen LogP contribution in [-0.4, -0.2) is 41.1 Å². The van der Waals surface area contributed by atoms with E-state index in [0.29, 0.717) is 24.4 Å². The van der Waals surface area contributed by atoms with Gasteiger partial charge in [0.1, 0.15) is 11.8 Å². The zero-order valence-corrected chi connectivity index (χ0v) is 10.5. The molecule has 0 radical (unpaired) electrons. The molecule has 1 aromatic rings. The number of carbonyl (C=O) groups excluding carboxylic acids is 1. The summed E-state index contributed by atoms with van der Waals surface area (Å²) >= 11 is 0. The first-order valence-corrected chi connectivity index (χ1v) is 5.90. The zero-order valence-electron chi connectivity index (χ0n) is 10.5. The molecule has 2 rings (SSSR count). The first-order valence-electron chi connectivity index (χ1n) is 5.90. The van der Waals surface area contributed by atoms with Crippen molar-refractivity contribution in [1.82, 2.24) is 9.88 Å². The molecule has 2 unspecified atom stereocenters. The third-order valence-corrected chi connectivity index (χ3v) is 2.98. The van der Waals surface area contributed by atoms with E-state index in [-0.39, 0.29) is 18.1 Å². The second kappa shape index (κ2) is 5.15. The molecule has 0 spiro atoms. The van der Waals surface area contributed by atoms with E-state index in [1.165, 1.54) is 6.20 Å². The highest BCUT2D eigenvalue weighted by Crippen LogP contribution is 2.14. The summed E-state index contributed by atoms with van der Waals surface area (Å²) in [7, 11) is 0. The Morgan fingerprint density at radius 3 is 2.94 bits per heavy atom. The van der Waals surface area contributed by atoms with Crippen molar-refractivity contribution < 1.29 is 9.53 Å². The van der Waals surface area contributed by atoms with Crippen molar-refractivity contribution in [3.05, 3.63) is 29.6 Å². The van der Waals surface area contributed by atoms with Gasteiger partial charge in [-0.2, -0.15) is 5.26 Å². The average Bonchev–Trinajstić information content (AvgIpc) is 2.41. The normalized spacial score (nSPS) is 23.5. The molecule has 0 bridgehead atoms. The summed E-state index contributed by atoms with van der Waals surface area (Å²) < 4.78 is 5.49. The number of ether oxygens (including phenoxy) is 1. The molecule has 1 aromatic heterocycles. The van der Waals surface area contributed by atoms with Gasteiger partial charge in [-0.15, -0.1) is 0 Å². The van der Waals surface area contributed by atoms with E-state index in [9.17, 15) is 4.79 Å². The van der Waals surface area contributed by atoms with Crippen molar-refractivity contribution in [3.63, 3.8) is 0 Å². The second-order valence-electron chi connectivity index (χ2n) is 4.49. The van der Waals surface area contributed by atoms with Crippen molar-refractivity contribution >= 4 is 5.91 Å². The smallest absolute Gasteiger partial charge is 0.272 e. The highest BCUT2D eigenvalue weighted by Gasteiger charge is 2.28. The number of amides is 1. The number of aromatic nitrogens is 1. The van der Waals surface area contributed by atoms with Gasteiger partial charge in [-0.3, -0.25) is 4.79 Å². The number of hydrogen-bond donors (Lipinski definition) is 0. The first kappa shape index (κ1) is 12.5. The van der Waals surface area contributed by atoms with E-state index in [4.69, 9.17) is 10.00 Å². The number of pyridine rings is 1. The van der Waals surface area contributed by atoms with Crippen LogP contribution in [0.4, 0.5) is 0 Å². The van der Waals surface area contributed by atoms with Gasteiger partial charge in [-0.05, 0) is 26.0 Å². The summed E-state index contributed by atoms with van der Waals surface area (Å²) in [5.41, 5.74) is 0.824. The van der Waals surface area contributed by atoms with Gasteiger partial charge < -0.3 is 9.64 Å². The van der Waals surface area contributed by atoms with E-state index in [1.807, 2.05) is 19.9 Å². The monoisotopic (exact) mass is 245 g/mol. The number of morpholine rings is 1. The quantitative estimate of drug-likeness (QED) is 0.745. The van der Waals surface area contributed by atoms with Crippen LogP contribution < -0.4 is 0 Å². The van der Waals surface area contributed by atoms with Gasteiger partial charge >= 0.3 is 0 Å². The van der Waals surface area contributed by atoms with Crippen molar-refractivity contribution in [2.45, 2.75) is 26.0 Å². The molecule has 5 nitrogen and oxygen atoms in total. The maximum atomic E-state index is 12.3. The van der Waals surface area contributed by atoms with Crippen molar-refractivity contribution in [3.8, 4) is 6.07 Å². The van der Waals surface area contributed by atoms with Crippen LogP contribution in [0.1, 0.15) is 29.9 Å². The summed E-state index contributed by atoms with van der Waals surface area (Å²) in [4.78, 5) is 18.1. The molecular weight excluding hydrogens is 230 g/mol. The standard InChI is InChI=1S/C13H15N3O2/c1-9-8-18-10(2)7-16(9)13(17)12-4-3-11(5-14)6-15-12/h3-4,6,9-10H,7-8H2,1-2H3. The van der Waals surface area contributed by atoms with E-state index >= 15 is 0 Å². The molecule has 1 saturated heterocycles. The Labute approximate surface area is 106 Å². The van der Waals surface area contributed by atoms with Crippen molar-refractivity contribution in [2.24, 2.45) is 0 Å². The molecule has 2 heterocycles. The Hall–Kier alpha value is -1.93. The summed E-state index contributed by atoms with van der Waals surface area (Å²) in [6.07, 6.45) is 1.46. The minimum Gasteiger partial charge on any atom is -0.375 e. The van der Waals surface area contributed by atoms with E-state index in [1.54, 1.807) is 17.0 Å². The number of nitriles is 1. The summed E-state index contributed by atoms with van der Waals surface area (Å²) in [5, 5.41) is 8.69. The molecule has 0 aliphatic carbocycles. The predicted molar refractivity (Wildman–Crippen MR) is 64.9 cm³/mol. The van der Waals surface area contributed by atoms with Crippen LogP contribution in [0, 0.1) is 11.3 Å². The average molecular weight is 245 g/mol. The maximum absolute atomic E-state index is 12.3. The van der Waals surface area contributed by atoms with Crippen LogP contribution in [0.2, 0.25) is 0 Å². The Kier molecular flexibility index (Phi) is 3.58. The maximum Gasteiger partial charge on any atom is 0.272 e. The third-order valence-electron chi connectivity index (χ3n) is 2.98. The van der Waals surface area contributed by atoms with Crippen LogP contribution >= 0.6 is 0 Å². The highest BCUT2D eigenvalue weighted by atomic mass is 16.5. The predicted octanol–water partition coefficient (Wildman–Crippen LogP) is 1.20. The van der Waals surface area contributed by atoms with E-state index in [2.05, 4.69) is 4.98 Å². The Morgan fingerprint density at radius 2 is 2.33 bits per heavy atom. The molecule has 1 aliphatic rings. The molecule has 1 amide bonds. The fourth-order valence-corrected chi connectivity index (χ4v) is 1.92. The van der Waals surface area contributed by atoms with Crippen LogP contribution in [-0.2, 0) is 4.74 Å². The van der Waals surface area contributed by atoms with Crippen LogP contribution in [0.15, 0.2) is 18.3 Å². The number of hydrogen-bond acceptors (Lipinski definition) is 4. The number of rotatable bonds is 1. The van der Waals surface area contributed by atoms with E-state index in [0.717, 1.165) is 0 Å². The van der Waals surface area contributed by atoms with Crippen LogP contribution in [0.5, 0.6) is 0 Å². The minimum atomic E-state index is -0.109. The fraction of sp³-hybridized carbons (Fsp3) is 0.462. The number of nitrogens with zero attached hydrogens (tertiary/aromatic N) is 3. The zero-order chi connectivity index (χ0) is 13.1. The van der Waals surface area contributed by atoms with E-state index < -0.39 is 0 Å². The van der Waals surface area contributed by atoms with Crippen molar-refractivity contribution in [1.29, 1.82) is 5.26 Å². The largest absolute Gasteiger partial charge is 0.375 e. The first-order chi connectivity index (χ1) is 8.61. The molecule has 0 saturated carbocycles. The molecule has 18 heavy (non-hydrogen) atoms. The van der Waals surface area contributed by atoms with Crippen molar-refractivity contribution in [2.75, 3.05) is 13.2 Å². The van der Waals surface area contributed by atoms with Gasteiger partial charge in [0.2, 0.25) is 0 Å². The second-order valence-corrected chi connectivity index (χ2v) is 4.49. The molecular formula is C13H15N3O2. The van der Waals surface area contributed by atoms with Gasteiger partial charge in [-0.1, -0.05) is 0 Å². The highest BCUT2D eigenvalue weighted by molar-refractivity contribution is 5.92. The minimum absolute atomic E-state index is 0.0449. The van der Waals surface area contributed by atoms with Gasteiger partial charge in [0, 0.05) is 12.7 Å². The molecule has 2 atom stereocenters. The summed E-state index contributed by atoms with van der Waals surface area (Å²) in [6.45, 7) is 5.01. The molecule has 94 valence electrons. The lowest BCUT2D eigenvalue weighted by molar-refractivity contribution is -0.0389. The molecule has 0 aromatic carbocycles. The summed E-state index contributed by atoms with van der Waals surface area (Å²) in [6, 6.07) is 5.23. The molecule has 5 heteroatoms. The SMILES string of the molecule is CC1CN(C(=O)c2ccc(C#N)cn2)C(C)CO1. The van der Waals surface area contributed by atoms with Gasteiger partial charge in [-0.25, -0.2) is 4.98 Å². The molecule has 1 aliphatic heterocycles. The topological polar surface area (TPSA) is 66.2 Å². The van der Waals surface area contributed by atoms with Gasteiger partial charge in [0.15, 0.2) is 0 Å². The lowest BCUT2D eigenvalue weighted by atomic mass is 10.1. The van der Waals surface area contributed by atoms with Crippen LogP contribution in [0.3, 0.4) is 0 Å². The summed E-state index contributed by atoms with van der Waals surface area (Å²) in [5.74, 6) is -0.109. The Bertz CT molecular complexity index is 478. The Morgan fingerprint density at radius 1 is 1.56 bits per heavy atom. The van der Waals surface area contributed by atoms with Crippen LogP contribution in [0.25, 0.3) is 0 Å².